The predicted octanol–water partition coefficient (Wildman–Crippen LogP) is 4.10. The van der Waals surface area contributed by atoms with Crippen LogP contribution >= 0.6 is 22.9 Å². The van der Waals surface area contributed by atoms with Crippen molar-refractivity contribution in [3.8, 4) is 10.6 Å². The molecule has 6 heteroatoms. The van der Waals surface area contributed by atoms with E-state index >= 15 is 0 Å². The lowest BCUT2D eigenvalue weighted by Crippen LogP contribution is -2.46. The average molecular weight is 351 g/mol. The van der Waals surface area contributed by atoms with Crippen molar-refractivity contribution in [3.05, 3.63) is 40.4 Å². The second kappa shape index (κ2) is 6.99. The number of aromatic nitrogens is 1. The zero-order valence-corrected chi connectivity index (χ0v) is 14.7. The van der Waals surface area contributed by atoms with Gasteiger partial charge in [-0.2, -0.15) is 0 Å². The van der Waals surface area contributed by atoms with Gasteiger partial charge in [0.2, 0.25) is 0 Å². The van der Waals surface area contributed by atoms with Gasteiger partial charge in [0.1, 0.15) is 9.88 Å². The van der Waals surface area contributed by atoms with E-state index < -0.39 is 0 Å². The molecular formula is C17H19ClN2O2S. The van der Waals surface area contributed by atoms with E-state index in [-0.39, 0.29) is 18.1 Å². The lowest BCUT2D eigenvalue weighted by atomic mass is 10.0. The molecule has 23 heavy (non-hydrogen) atoms. The van der Waals surface area contributed by atoms with Gasteiger partial charge < -0.3 is 9.64 Å². The number of thiazole rings is 1. The van der Waals surface area contributed by atoms with Crippen LogP contribution in [0.5, 0.6) is 0 Å². The van der Waals surface area contributed by atoms with E-state index in [2.05, 4.69) is 11.9 Å². The first-order chi connectivity index (χ1) is 11.1. The molecule has 1 amide bonds. The number of ether oxygens (including phenoxy) is 1. The predicted molar refractivity (Wildman–Crippen MR) is 93.1 cm³/mol. The Bertz CT molecular complexity index is 703. The van der Waals surface area contributed by atoms with E-state index in [0.29, 0.717) is 9.90 Å². The zero-order valence-electron chi connectivity index (χ0n) is 13.2. The van der Waals surface area contributed by atoms with Gasteiger partial charge >= 0.3 is 0 Å². The minimum Gasteiger partial charge on any atom is -0.381 e. The Hall–Kier alpha value is -1.43. The van der Waals surface area contributed by atoms with Crippen molar-refractivity contribution < 1.29 is 9.53 Å². The Balaban J connectivity index is 1.78. The summed E-state index contributed by atoms with van der Waals surface area (Å²) in [6.07, 6.45) is 3.65. The van der Waals surface area contributed by atoms with Crippen molar-refractivity contribution in [2.45, 2.75) is 31.9 Å². The normalized spacial score (nSPS) is 21.4. The van der Waals surface area contributed by atoms with E-state index in [9.17, 15) is 4.79 Å². The summed E-state index contributed by atoms with van der Waals surface area (Å²) in [5, 5.41) is 1.42. The highest BCUT2D eigenvalue weighted by molar-refractivity contribution is 7.17. The molecule has 2 heterocycles. The van der Waals surface area contributed by atoms with Gasteiger partial charge in [0.15, 0.2) is 0 Å². The molecule has 0 spiro atoms. The van der Waals surface area contributed by atoms with Crippen molar-refractivity contribution in [1.82, 2.24) is 9.88 Å². The van der Waals surface area contributed by atoms with Crippen LogP contribution in [0, 0.1) is 0 Å². The Labute approximate surface area is 145 Å². The molecule has 1 aliphatic heterocycles. The number of piperidine rings is 1. The first kappa shape index (κ1) is 16.4. The summed E-state index contributed by atoms with van der Waals surface area (Å²) in [6, 6.07) is 7.72. The topological polar surface area (TPSA) is 42.4 Å². The van der Waals surface area contributed by atoms with E-state index in [1.165, 1.54) is 11.3 Å². The number of hydrogen-bond acceptors (Lipinski definition) is 4. The number of carbonyl (C=O) groups is 1. The van der Waals surface area contributed by atoms with Gasteiger partial charge in [-0.15, -0.1) is 11.3 Å². The highest BCUT2D eigenvalue weighted by atomic mass is 35.5. The van der Waals surface area contributed by atoms with Crippen LogP contribution in [0.2, 0.25) is 5.02 Å². The molecule has 0 bridgehead atoms. The molecule has 3 rings (SSSR count). The Morgan fingerprint density at radius 1 is 1.43 bits per heavy atom. The van der Waals surface area contributed by atoms with Crippen molar-refractivity contribution in [2.24, 2.45) is 0 Å². The van der Waals surface area contributed by atoms with Crippen molar-refractivity contribution in [2.75, 3.05) is 13.7 Å². The molecule has 0 aliphatic carbocycles. The summed E-state index contributed by atoms with van der Waals surface area (Å²) in [5.41, 5.74) is 0.865. The number of amides is 1. The largest absolute Gasteiger partial charge is 0.381 e. The Morgan fingerprint density at radius 2 is 2.22 bits per heavy atom. The smallest absolute Gasteiger partial charge is 0.265 e. The molecule has 0 N–H and O–H groups in total. The second-order valence-electron chi connectivity index (χ2n) is 5.74. The van der Waals surface area contributed by atoms with Crippen LogP contribution in [0.15, 0.2) is 30.5 Å². The van der Waals surface area contributed by atoms with E-state index in [1.807, 2.05) is 29.2 Å². The lowest BCUT2D eigenvalue weighted by molar-refractivity contribution is 0.0162. The third-order valence-electron chi connectivity index (χ3n) is 4.24. The third kappa shape index (κ3) is 3.42. The van der Waals surface area contributed by atoms with Gasteiger partial charge in [-0.05, 0) is 25.8 Å². The Morgan fingerprint density at radius 3 is 2.91 bits per heavy atom. The standard InChI is InChI=1S/C17H19ClN2O2S/c1-11-9-12(22-2)7-8-20(11)17(21)15-10-19-16(23-15)13-5-3-4-6-14(13)18/h3-6,10-12H,7-9H2,1-2H3/t11-,12-/m0/s1. The minimum atomic E-state index is 0.0443. The summed E-state index contributed by atoms with van der Waals surface area (Å²) in [4.78, 5) is 19.7. The SMILES string of the molecule is CO[C@H]1CCN(C(=O)c2cnc(-c3ccccc3Cl)s2)[C@@H](C)C1. The molecule has 122 valence electrons. The van der Waals surface area contributed by atoms with Crippen LogP contribution < -0.4 is 0 Å². The molecule has 2 aromatic rings. The third-order valence-corrected chi connectivity index (χ3v) is 5.59. The molecule has 0 unspecified atom stereocenters. The number of methoxy groups -OCH3 is 1. The number of rotatable bonds is 3. The fourth-order valence-electron chi connectivity index (χ4n) is 2.92. The van der Waals surface area contributed by atoms with Crippen molar-refractivity contribution in [1.29, 1.82) is 0 Å². The van der Waals surface area contributed by atoms with Gasteiger partial charge in [-0.3, -0.25) is 4.79 Å². The number of likely N-dealkylation sites (tertiary alicyclic amines) is 1. The zero-order chi connectivity index (χ0) is 16.4. The first-order valence-corrected chi connectivity index (χ1v) is 8.84. The van der Waals surface area contributed by atoms with Gasteiger partial charge in [-0.25, -0.2) is 4.98 Å². The molecule has 2 atom stereocenters. The maximum absolute atomic E-state index is 12.8. The molecule has 1 aliphatic rings. The van der Waals surface area contributed by atoms with Gasteiger partial charge in [0.05, 0.1) is 17.3 Å². The van der Waals surface area contributed by atoms with Crippen molar-refractivity contribution in [3.63, 3.8) is 0 Å². The number of carbonyl (C=O) groups excluding carboxylic acids is 1. The molecule has 1 fully saturated rings. The fourth-order valence-corrected chi connectivity index (χ4v) is 4.11. The Kier molecular flexibility index (Phi) is 4.99. The molecule has 1 aromatic heterocycles. The molecule has 1 aromatic carbocycles. The van der Waals surface area contributed by atoms with Crippen LogP contribution in [0.1, 0.15) is 29.4 Å². The number of nitrogens with zero attached hydrogens (tertiary/aromatic N) is 2. The summed E-state index contributed by atoms with van der Waals surface area (Å²) in [7, 11) is 1.73. The average Bonchev–Trinajstić information content (AvgIpc) is 3.04. The monoisotopic (exact) mass is 350 g/mol. The summed E-state index contributed by atoms with van der Waals surface area (Å²) in [5.74, 6) is 0.0443. The van der Waals surface area contributed by atoms with Crippen LogP contribution in [-0.2, 0) is 4.74 Å². The molecule has 0 radical (unpaired) electrons. The highest BCUT2D eigenvalue weighted by Crippen LogP contribution is 2.32. The van der Waals surface area contributed by atoms with Gasteiger partial charge in [-0.1, -0.05) is 29.8 Å². The van der Waals surface area contributed by atoms with Gasteiger partial charge in [0, 0.05) is 25.3 Å². The molecule has 1 saturated heterocycles. The summed E-state index contributed by atoms with van der Waals surface area (Å²) < 4.78 is 5.41. The van der Waals surface area contributed by atoms with Gasteiger partial charge in [0.25, 0.3) is 5.91 Å². The van der Waals surface area contributed by atoms with E-state index in [1.54, 1.807) is 13.3 Å². The summed E-state index contributed by atoms with van der Waals surface area (Å²) >= 11 is 7.60. The maximum Gasteiger partial charge on any atom is 0.265 e. The summed E-state index contributed by atoms with van der Waals surface area (Å²) in [6.45, 7) is 2.79. The first-order valence-electron chi connectivity index (χ1n) is 7.64. The quantitative estimate of drug-likeness (QED) is 0.836. The molecule has 0 saturated carbocycles. The molecular weight excluding hydrogens is 332 g/mol. The highest BCUT2D eigenvalue weighted by Gasteiger charge is 2.30. The fraction of sp³-hybridized carbons (Fsp3) is 0.412. The number of hydrogen-bond donors (Lipinski definition) is 0. The van der Waals surface area contributed by atoms with E-state index in [0.717, 1.165) is 30.0 Å². The van der Waals surface area contributed by atoms with Crippen molar-refractivity contribution >= 4 is 28.8 Å². The van der Waals surface area contributed by atoms with Crippen LogP contribution in [-0.4, -0.2) is 41.6 Å². The van der Waals surface area contributed by atoms with E-state index in [4.69, 9.17) is 16.3 Å². The molecule has 4 nitrogen and oxygen atoms in total. The van der Waals surface area contributed by atoms with Crippen LogP contribution in [0.4, 0.5) is 0 Å². The maximum atomic E-state index is 12.8. The van der Waals surface area contributed by atoms with Crippen LogP contribution in [0.3, 0.4) is 0 Å². The lowest BCUT2D eigenvalue weighted by Gasteiger charge is -2.36. The number of benzene rings is 1. The minimum absolute atomic E-state index is 0.0443. The van der Waals surface area contributed by atoms with Crippen LogP contribution in [0.25, 0.3) is 10.6 Å². The number of halogens is 1. The second-order valence-corrected chi connectivity index (χ2v) is 7.18.